The Kier molecular flexibility index (Phi) is 5.86. The molecule has 0 bridgehead atoms. The first-order chi connectivity index (χ1) is 10.2. The van der Waals surface area contributed by atoms with Crippen LogP contribution in [0.15, 0.2) is 23.1 Å². The van der Waals surface area contributed by atoms with Crippen LogP contribution in [0.25, 0.3) is 0 Å². The van der Waals surface area contributed by atoms with E-state index in [1.54, 1.807) is 0 Å². The summed E-state index contributed by atoms with van der Waals surface area (Å²) < 4.78 is 32.4. The van der Waals surface area contributed by atoms with E-state index < -0.39 is 26.2 Å². The van der Waals surface area contributed by atoms with Gasteiger partial charge in [0, 0.05) is 18.2 Å². The number of ether oxygens (including phenoxy) is 1. The van der Waals surface area contributed by atoms with Crippen molar-refractivity contribution in [2.75, 3.05) is 13.7 Å². The van der Waals surface area contributed by atoms with Gasteiger partial charge in [-0.15, -0.1) is 0 Å². The van der Waals surface area contributed by atoms with Crippen LogP contribution in [0.3, 0.4) is 0 Å². The van der Waals surface area contributed by atoms with E-state index in [1.807, 2.05) is 13.8 Å². The van der Waals surface area contributed by atoms with Crippen molar-refractivity contribution in [1.82, 2.24) is 4.72 Å². The number of benzene rings is 1. The molecule has 1 aromatic carbocycles. The zero-order valence-corrected chi connectivity index (χ0v) is 13.6. The molecular formula is C13H21N3O5S. The minimum Gasteiger partial charge on any atom is -0.490 e. The van der Waals surface area contributed by atoms with Crippen LogP contribution in [0.4, 0.5) is 5.69 Å². The van der Waals surface area contributed by atoms with E-state index in [-0.39, 0.29) is 17.2 Å². The Morgan fingerprint density at radius 2 is 1.95 bits per heavy atom. The number of nitro benzene ring substituents is 1. The summed E-state index contributed by atoms with van der Waals surface area (Å²) >= 11 is 0. The molecule has 3 N–H and O–H groups in total. The van der Waals surface area contributed by atoms with E-state index >= 15 is 0 Å². The number of nitrogens with one attached hydrogen (secondary N) is 1. The van der Waals surface area contributed by atoms with Gasteiger partial charge in [-0.2, -0.15) is 0 Å². The van der Waals surface area contributed by atoms with Gasteiger partial charge in [0.1, 0.15) is 0 Å². The van der Waals surface area contributed by atoms with Gasteiger partial charge in [0.2, 0.25) is 10.0 Å². The third kappa shape index (κ3) is 3.73. The van der Waals surface area contributed by atoms with Crippen LogP contribution in [0.5, 0.6) is 5.75 Å². The molecule has 9 heteroatoms. The second-order valence-electron chi connectivity index (χ2n) is 4.89. The standard InChI is InChI=1S/C13H21N3O5S/c1-4-13(5-2,9-14)15-22(19,20)10-6-7-12(21-3)11(8-10)16(17)18/h6-8,15H,4-5,9,14H2,1-3H3. The SMILES string of the molecule is CCC(CC)(CN)NS(=O)(=O)c1ccc(OC)c([N+](=O)[O-])c1. The second-order valence-corrected chi connectivity index (χ2v) is 6.57. The van der Waals surface area contributed by atoms with Gasteiger partial charge in [-0.1, -0.05) is 13.8 Å². The molecule has 0 saturated heterocycles. The zero-order chi connectivity index (χ0) is 17.0. The third-order valence-corrected chi connectivity index (χ3v) is 5.33. The fourth-order valence-corrected chi connectivity index (χ4v) is 3.62. The minimum atomic E-state index is -3.93. The van der Waals surface area contributed by atoms with Crippen molar-refractivity contribution in [2.45, 2.75) is 37.1 Å². The maximum Gasteiger partial charge on any atom is 0.312 e. The molecule has 0 radical (unpaired) electrons. The number of nitro groups is 1. The predicted molar refractivity (Wildman–Crippen MR) is 82.3 cm³/mol. The fourth-order valence-electron chi connectivity index (χ4n) is 2.05. The lowest BCUT2D eigenvalue weighted by atomic mass is 9.95. The van der Waals surface area contributed by atoms with Gasteiger partial charge in [0.15, 0.2) is 5.75 Å². The summed E-state index contributed by atoms with van der Waals surface area (Å²) in [6.07, 6.45) is 1.02. The Morgan fingerprint density at radius 1 is 1.36 bits per heavy atom. The molecule has 0 atom stereocenters. The first-order valence-corrected chi connectivity index (χ1v) is 8.30. The van der Waals surface area contributed by atoms with Crippen molar-refractivity contribution in [3.05, 3.63) is 28.3 Å². The van der Waals surface area contributed by atoms with E-state index in [9.17, 15) is 18.5 Å². The molecule has 0 amide bonds. The average Bonchev–Trinajstić information content (AvgIpc) is 2.52. The molecule has 124 valence electrons. The normalized spacial score (nSPS) is 12.2. The minimum absolute atomic E-state index is 0.0000196. The van der Waals surface area contributed by atoms with Crippen molar-refractivity contribution in [2.24, 2.45) is 5.73 Å². The number of sulfonamides is 1. The highest BCUT2D eigenvalue weighted by Gasteiger charge is 2.32. The van der Waals surface area contributed by atoms with Crippen molar-refractivity contribution in [1.29, 1.82) is 0 Å². The highest BCUT2D eigenvalue weighted by molar-refractivity contribution is 7.89. The van der Waals surface area contributed by atoms with Crippen LogP contribution >= 0.6 is 0 Å². The maximum atomic E-state index is 12.5. The molecule has 0 aliphatic carbocycles. The van der Waals surface area contributed by atoms with Crippen molar-refractivity contribution < 1.29 is 18.1 Å². The highest BCUT2D eigenvalue weighted by Crippen LogP contribution is 2.30. The first-order valence-electron chi connectivity index (χ1n) is 6.81. The third-order valence-electron chi connectivity index (χ3n) is 3.75. The van der Waals surface area contributed by atoms with Gasteiger partial charge in [-0.25, -0.2) is 13.1 Å². The zero-order valence-electron chi connectivity index (χ0n) is 12.8. The lowest BCUT2D eigenvalue weighted by molar-refractivity contribution is -0.386. The molecule has 0 fully saturated rings. The molecule has 8 nitrogen and oxygen atoms in total. The van der Waals surface area contributed by atoms with Crippen LogP contribution < -0.4 is 15.2 Å². The molecule has 0 spiro atoms. The molecule has 0 aromatic heterocycles. The lowest BCUT2D eigenvalue weighted by Gasteiger charge is -2.30. The topological polar surface area (TPSA) is 125 Å². The van der Waals surface area contributed by atoms with Gasteiger partial charge in [0.05, 0.1) is 16.9 Å². The van der Waals surface area contributed by atoms with E-state index in [0.717, 1.165) is 6.07 Å². The van der Waals surface area contributed by atoms with Gasteiger partial charge in [-0.05, 0) is 25.0 Å². The average molecular weight is 331 g/mol. The molecule has 0 heterocycles. The second kappa shape index (κ2) is 7.03. The number of nitrogens with two attached hydrogens (primary N) is 1. The smallest absolute Gasteiger partial charge is 0.312 e. The van der Waals surface area contributed by atoms with Gasteiger partial charge < -0.3 is 10.5 Å². The van der Waals surface area contributed by atoms with Crippen LogP contribution in [-0.2, 0) is 10.0 Å². The largest absolute Gasteiger partial charge is 0.490 e. The molecule has 0 unspecified atom stereocenters. The molecular weight excluding hydrogens is 310 g/mol. The number of hydrogen-bond donors (Lipinski definition) is 2. The quantitative estimate of drug-likeness (QED) is 0.548. The van der Waals surface area contributed by atoms with Crippen LogP contribution in [0, 0.1) is 10.1 Å². The van der Waals surface area contributed by atoms with E-state index in [0.29, 0.717) is 12.8 Å². The van der Waals surface area contributed by atoms with E-state index in [1.165, 1.54) is 19.2 Å². The summed E-state index contributed by atoms with van der Waals surface area (Å²) in [4.78, 5) is 10.1. The summed E-state index contributed by atoms with van der Waals surface area (Å²) in [6.45, 7) is 3.79. The van der Waals surface area contributed by atoms with Crippen molar-refractivity contribution in [3.63, 3.8) is 0 Å². The summed E-state index contributed by atoms with van der Waals surface area (Å²) in [5.74, 6) is 0.0000196. The van der Waals surface area contributed by atoms with Crippen LogP contribution in [0.2, 0.25) is 0 Å². The number of hydrogen-bond acceptors (Lipinski definition) is 6. The molecule has 1 rings (SSSR count). The van der Waals surface area contributed by atoms with Gasteiger partial charge in [-0.3, -0.25) is 10.1 Å². The molecule has 1 aromatic rings. The summed E-state index contributed by atoms with van der Waals surface area (Å²) in [5.41, 5.74) is 4.51. The van der Waals surface area contributed by atoms with E-state index in [4.69, 9.17) is 10.5 Å². The highest BCUT2D eigenvalue weighted by atomic mass is 32.2. The Morgan fingerprint density at radius 3 is 2.36 bits per heavy atom. The monoisotopic (exact) mass is 331 g/mol. The van der Waals surface area contributed by atoms with Gasteiger partial charge in [0.25, 0.3) is 0 Å². The molecule has 0 aliphatic heterocycles. The number of methoxy groups -OCH3 is 1. The van der Waals surface area contributed by atoms with E-state index in [2.05, 4.69) is 4.72 Å². The maximum absolute atomic E-state index is 12.5. The summed E-state index contributed by atoms with van der Waals surface area (Å²) in [7, 11) is -2.65. The Labute approximate surface area is 129 Å². The first kappa shape index (κ1) is 18.3. The van der Waals surface area contributed by atoms with Crippen LogP contribution in [0.1, 0.15) is 26.7 Å². The van der Waals surface area contributed by atoms with Crippen LogP contribution in [-0.4, -0.2) is 32.5 Å². The Bertz CT molecular complexity index is 633. The Hall–Kier alpha value is -1.71. The summed E-state index contributed by atoms with van der Waals surface area (Å²) in [5, 5.41) is 11.0. The lowest BCUT2D eigenvalue weighted by Crippen LogP contribution is -2.52. The summed E-state index contributed by atoms with van der Waals surface area (Å²) in [6, 6.07) is 3.50. The number of nitrogens with zero attached hydrogens (tertiary/aromatic N) is 1. The van der Waals surface area contributed by atoms with Gasteiger partial charge >= 0.3 is 5.69 Å². The molecule has 22 heavy (non-hydrogen) atoms. The Balaban J connectivity index is 3.29. The predicted octanol–water partition coefficient (Wildman–Crippen LogP) is 1.40. The molecule has 0 saturated carbocycles. The van der Waals surface area contributed by atoms with Crippen molar-refractivity contribution in [3.8, 4) is 5.75 Å². The van der Waals surface area contributed by atoms with Crippen molar-refractivity contribution >= 4 is 15.7 Å². The fraction of sp³-hybridized carbons (Fsp3) is 0.538. The number of rotatable bonds is 8. The molecule has 0 aliphatic rings.